The molecular weight excluding hydrogens is 352 g/mol. The van der Waals surface area contributed by atoms with Crippen LogP contribution in [-0.2, 0) is 6.61 Å². The van der Waals surface area contributed by atoms with Gasteiger partial charge in [-0.25, -0.2) is 4.98 Å². The zero-order valence-corrected chi connectivity index (χ0v) is 16.3. The van der Waals surface area contributed by atoms with Crippen molar-refractivity contribution in [3.05, 3.63) is 77.4 Å². The fraction of sp³-hybridized carbons (Fsp3) is 0.273. The van der Waals surface area contributed by atoms with Crippen LogP contribution < -0.4 is 10.1 Å². The van der Waals surface area contributed by atoms with Crippen molar-refractivity contribution in [2.24, 2.45) is 0 Å². The number of rotatable bonds is 5. The topological polar surface area (TPSA) is 59.4 Å². The van der Waals surface area contributed by atoms with Gasteiger partial charge >= 0.3 is 0 Å². The quantitative estimate of drug-likeness (QED) is 0.743. The van der Waals surface area contributed by atoms with Crippen LogP contribution in [0.3, 0.4) is 0 Å². The lowest BCUT2D eigenvalue weighted by Gasteiger charge is -2.24. The number of ether oxygens (including phenoxy) is 1. The van der Waals surface area contributed by atoms with Crippen LogP contribution in [-0.4, -0.2) is 41.0 Å². The standard InChI is InChI=1S/C22H24N4O2/c1-15-7-6-8-16(11-15)17(12-25(2)3)24-22(27)21-19-13-28-20-10-5-4-9-18(20)26(19)14-23-21/h4-11,14,17H,12-13H2,1-3H3,(H,24,27). The molecule has 4 rings (SSSR count). The van der Waals surface area contributed by atoms with E-state index in [1.54, 1.807) is 6.33 Å². The molecule has 2 heterocycles. The number of carbonyl (C=O) groups excluding carboxylic acids is 1. The summed E-state index contributed by atoms with van der Waals surface area (Å²) in [4.78, 5) is 19.5. The normalized spacial score (nSPS) is 13.4. The van der Waals surface area contributed by atoms with E-state index in [4.69, 9.17) is 4.74 Å². The highest BCUT2D eigenvalue weighted by Crippen LogP contribution is 2.30. The lowest BCUT2D eigenvalue weighted by molar-refractivity contribution is 0.0922. The van der Waals surface area contributed by atoms with Gasteiger partial charge in [0.15, 0.2) is 5.69 Å². The highest BCUT2D eigenvalue weighted by Gasteiger charge is 2.26. The van der Waals surface area contributed by atoms with Gasteiger partial charge in [-0.1, -0.05) is 42.0 Å². The average molecular weight is 376 g/mol. The molecule has 0 fully saturated rings. The first-order valence-corrected chi connectivity index (χ1v) is 9.33. The largest absolute Gasteiger partial charge is 0.485 e. The van der Waals surface area contributed by atoms with E-state index in [2.05, 4.69) is 34.3 Å². The molecule has 1 aliphatic heterocycles. The number of imidazole rings is 1. The summed E-state index contributed by atoms with van der Waals surface area (Å²) >= 11 is 0. The number of benzene rings is 2. The van der Waals surface area contributed by atoms with Crippen LogP contribution in [0.15, 0.2) is 54.9 Å². The Morgan fingerprint density at radius 1 is 1.25 bits per heavy atom. The van der Waals surface area contributed by atoms with Crippen molar-refractivity contribution in [2.45, 2.75) is 19.6 Å². The monoisotopic (exact) mass is 376 g/mol. The van der Waals surface area contributed by atoms with Crippen molar-refractivity contribution in [3.63, 3.8) is 0 Å². The van der Waals surface area contributed by atoms with Crippen molar-refractivity contribution in [3.8, 4) is 11.4 Å². The maximum atomic E-state index is 13.1. The van der Waals surface area contributed by atoms with Gasteiger partial charge < -0.3 is 15.0 Å². The predicted molar refractivity (Wildman–Crippen MR) is 108 cm³/mol. The summed E-state index contributed by atoms with van der Waals surface area (Å²) in [6.07, 6.45) is 1.69. The smallest absolute Gasteiger partial charge is 0.272 e. The summed E-state index contributed by atoms with van der Waals surface area (Å²) in [5.74, 6) is 0.606. The van der Waals surface area contributed by atoms with E-state index in [9.17, 15) is 4.79 Å². The number of nitrogens with one attached hydrogen (secondary N) is 1. The molecule has 0 saturated heterocycles. The average Bonchev–Trinajstić information content (AvgIpc) is 3.12. The van der Waals surface area contributed by atoms with E-state index < -0.39 is 0 Å². The minimum Gasteiger partial charge on any atom is -0.485 e. The third kappa shape index (κ3) is 3.51. The number of carbonyl (C=O) groups is 1. The minimum absolute atomic E-state index is 0.128. The Kier molecular flexibility index (Phi) is 4.88. The number of hydrogen-bond acceptors (Lipinski definition) is 4. The summed E-state index contributed by atoms with van der Waals surface area (Å²) in [6.45, 7) is 3.08. The molecule has 1 unspecified atom stereocenters. The van der Waals surface area contributed by atoms with Crippen molar-refractivity contribution in [1.82, 2.24) is 19.8 Å². The highest BCUT2D eigenvalue weighted by atomic mass is 16.5. The van der Waals surface area contributed by atoms with Crippen LogP contribution >= 0.6 is 0 Å². The Morgan fingerprint density at radius 3 is 2.86 bits per heavy atom. The van der Waals surface area contributed by atoms with E-state index >= 15 is 0 Å². The summed E-state index contributed by atoms with van der Waals surface area (Å²) in [5.41, 5.74) is 4.32. The molecule has 1 amide bonds. The summed E-state index contributed by atoms with van der Waals surface area (Å²) in [7, 11) is 4.00. The molecule has 0 bridgehead atoms. The molecule has 144 valence electrons. The van der Waals surface area contributed by atoms with Crippen LogP contribution in [0.2, 0.25) is 0 Å². The SMILES string of the molecule is Cc1cccc(C(CN(C)C)NC(=O)c2ncn3c2COc2ccccc2-3)c1. The maximum Gasteiger partial charge on any atom is 0.272 e. The molecule has 1 aromatic heterocycles. The Hall–Kier alpha value is -3.12. The number of hydrogen-bond donors (Lipinski definition) is 1. The lowest BCUT2D eigenvalue weighted by atomic mass is 10.0. The van der Waals surface area contributed by atoms with Crippen LogP contribution in [0.4, 0.5) is 0 Å². The summed E-state index contributed by atoms with van der Waals surface area (Å²) in [6, 6.07) is 15.9. The fourth-order valence-electron chi connectivity index (χ4n) is 3.55. The van der Waals surface area contributed by atoms with E-state index in [0.29, 0.717) is 18.8 Å². The zero-order valence-electron chi connectivity index (χ0n) is 16.3. The Balaban J connectivity index is 1.62. The van der Waals surface area contributed by atoms with Gasteiger partial charge in [0, 0.05) is 6.54 Å². The second-order valence-electron chi connectivity index (χ2n) is 7.37. The second kappa shape index (κ2) is 7.48. The molecule has 1 N–H and O–H groups in total. The number of likely N-dealkylation sites (N-methyl/N-ethyl adjacent to an activating group) is 1. The number of nitrogens with zero attached hydrogens (tertiary/aromatic N) is 3. The van der Waals surface area contributed by atoms with Gasteiger partial charge in [0.1, 0.15) is 18.7 Å². The third-order valence-corrected chi connectivity index (χ3v) is 4.87. The van der Waals surface area contributed by atoms with Crippen LogP contribution in [0.5, 0.6) is 5.75 Å². The molecule has 0 spiro atoms. The number of aryl methyl sites for hydroxylation is 1. The highest BCUT2D eigenvalue weighted by molar-refractivity contribution is 5.94. The van der Waals surface area contributed by atoms with Gasteiger partial charge in [-0.3, -0.25) is 9.36 Å². The van der Waals surface area contributed by atoms with Gasteiger partial charge in [-0.15, -0.1) is 0 Å². The van der Waals surface area contributed by atoms with Crippen molar-refractivity contribution in [2.75, 3.05) is 20.6 Å². The van der Waals surface area contributed by atoms with Gasteiger partial charge in [0.25, 0.3) is 5.91 Å². The number of fused-ring (bicyclic) bond motifs is 3. The lowest BCUT2D eigenvalue weighted by Crippen LogP contribution is -2.36. The fourth-order valence-corrected chi connectivity index (χ4v) is 3.55. The van der Waals surface area contributed by atoms with Crippen LogP contribution in [0.1, 0.15) is 33.4 Å². The van der Waals surface area contributed by atoms with E-state index in [-0.39, 0.29) is 11.9 Å². The minimum atomic E-state index is -0.190. The molecule has 28 heavy (non-hydrogen) atoms. The van der Waals surface area contributed by atoms with E-state index in [0.717, 1.165) is 22.7 Å². The Labute approximate surface area is 164 Å². The summed E-state index contributed by atoms with van der Waals surface area (Å²) in [5, 5.41) is 3.16. The first kappa shape index (κ1) is 18.3. The molecule has 1 aliphatic rings. The molecule has 2 aromatic carbocycles. The predicted octanol–water partition coefficient (Wildman–Crippen LogP) is 3.11. The second-order valence-corrected chi connectivity index (χ2v) is 7.37. The number of aromatic nitrogens is 2. The maximum absolute atomic E-state index is 13.1. The van der Waals surface area contributed by atoms with Crippen LogP contribution in [0.25, 0.3) is 5.69 Å². The molecule has 6 nitrogen and oxygen atoms in total. The molecule has 1 atom stereocenters. The van der Waals surface area contributed by atoms with Crippen molar-refractivity contribution in [1.29, 1.82) is 0 Å². The molecule has 0 radical (unpaired) electrons. The first-order chi connectivity index (χ1) is 13.5. The Morgan fingerprint density at radius 2 is 2.07 bits per heavy atom. The van der Waals surface area contributed by atoms with Gasteiger partial charge in [0.2, 0.25) is 0 Å². The van der Waals surface area contributed by atoms with Gasteiger partial charge in [0.05, 0.1) is 17.4 Å². The van der Waals surface area contributed by atoms with Crippen molar-refractivity contribution >= 4 is 5.91 Å². The molecule has 0 aliphatic carbocycles. The third-order valence-electron chi connectivity index (χ3n) is 4.87. The number of amides is 1. The Bertz CT molecular complexity index is 1010. The van der Waals surface area contributed by atoms with Gasteiger partial charge in [-0.05, 0) is 38.7 Å². The number of para-hydroxylation sites is 2. The van der Waals surface area contributed by atoms with E-state index in [1.807, 2.05) is 55.1 Å². The van der Waals surface area contributed by atoms with Crippen molar-refractivity contribution < 1.29 is 9.53 Å². The molecular formula is C22H24N4O2. The summed E-state index contributed by atoms with van der Waals surface area (Å²) < 4.78 is 7.75. The zero-order chi connectivity index (χ0) is 19.7. The molecule has 0 saturated carbocycles. The molecule has 3 aromatic rings. The molecule has 6 heteroatoms. The first-order valence-electron chi connectivity index (χ1n) is 9.33. The van der Waals surface area contributed by atoms with Crippen LogP contribution in [0, 0.1) is 6.92 Å². The van der Waals surface area contributed by atoms with Gasteiger partial charge in [-0.2, -0.15) is 0 Å². The van der Waals surface area contributed by atoms with E-state index in [1.165, 1.54) is 5.56 Å².